The third-order valence-corrected chi connectivity index (χ3v) is 3.58. The fourth-order valence-electron chi connectivity index (χ4n) is 2.14. The highest BCUT2D eigenvalue weighted by molar-refractivity contribution is 6.09. The Bertz CT molecular complexity index is 790. The molecule has 2 rings (SSSR count). The summed E-state index contributed by atoms with van der Waals surface area (Å²) in [4.78, 5) is 12.2. The second kappa shape index (κ2) is 7.01. The van der Waals surface area contributed by atoms with E-state index in [0.29, 0.717) is 5.69 Å². The molecular weight excluding hydrogens is 300 g/mol. The second-order valence-corrected chi connectivity index (χ2v) is 6.54. The molecule has 0 aliphatic heterocycles. The summed E-state index contributed by atoms with van der Waals surface area (Å²) >= 11 is 0. The van der Waals surface area contributed by atoms with Crippen LogP contribution in [0.15, 0.2) is 54.1 Å². The molecular formula is C20H20N2O2. The van der Waals surface area contributed by atoms with Gasteiger partial charge in [-0.05, 0) is 46.9 Å². The number of nitrogens with one attached hydrogen (secondary N) is 1. The van der Waals surface area contributed by atoms with Gasteiger partial charge in [0.2, 0.25) is 0 Å². The van der Waals surface area contributed by atoms with Crippen LogP contribution in [0.3, 0.4) is 0 Å². The lowest BCUT2D eigenvalue weighted by molar-refractivity contribution is -0.112. The number of carbonyl (C=O) groups is 1. The van der Waals surface area contributed by atoms with Crippen molar-refractivity contribution in [2.24, 2.45) is 0 Å². The fraction of sp³-hybridized carbons (Fsp3) is 0.200. The maximum atomic E-state index is 12.2. The maximum absolute atomic E-state index is 12.2. The van der Waals surface area contributed by atoms with Gasteiger partial charge in [0.05, 0.1) is 0 Å². The molecule has 0 radical (unpaired) electrons. The normalized spacial score (nSPS) is 11.7. The van der Waals surface area contributed by atoms with E-state index in [2.05, 4.69) is 26.1 Å². The smallest absolute Gasteiger partial charge is 0.266 e. The molecule has 0 heterocycles. The molecule has 0 fully saturated rings. The van der Waals surface area contributed by atoms with E-state index in [-0.39, 0.29) is 16.7 Å². The minimum atomic E-state index is -0.483. The summed E-state index contributed by atoms with van der Waals surface area (Å²) in [6.45, 7) is 6.39. The Kier molecular flexibility index (Phi) is 5.05. The van der Waals surface area contributed by atoms with Gasteiger partial charge < -0.3 is 10.4 Å². The molecule has 1 amide bonds. The van der Waals surface area contributed by atoms with E-state index in [0.717, 1.165) is 5.56 Å². The molecule has 24 heavy (non-hydrogen) atoms. The Morgan fingerprint density at radius 1 is 1.08 bits per heavy atom. The number of carbonyl (C=O) groups excluding carboxylic acids is 1. The molecule has 2 aromatic rings. The first-order valence-electron chi connectivity index (χ1n) is 7.62. The molecule has 0 saturated carbocycles. The summed E-state index contributed by atoms with van der Waals surface area (Å²) in [6.07, 6.45) is 1.56. The minimum absolute atomic E-state index is 0.0200. The molecule has 0 aromatic heterocycles. The molecule has 0 bridgehead atoms. The Balaban J connectivity index is 2.18. The number of aromatic hydroxyl groups is 1. The van der Waals surface area contributed by atoms with Crippen LogP contribution >= 0.6 is 0 Å². The molecule has 0 spiro atoms. The molecule has 0 aliphatic carbocycles. The van der Waals surface area contributed by atoms with Crippen molar-refractivity contribution in [3.05, 3.63) is 65.2 Å². The van der Waals surface area contributed by atoms with Gasteiger partial charge >= 0.3 is 0 Å². The van der Waals surface area contributed by atoms with Crippen LogP contribution in [0.25, 0.3) is 6.08 Å². The molecule has 4 nitrogen and oxygen atoms in total. The van der Waals surface area contributed by atoms with Gasteiger partial charge in [-0.25, -0.2) is 0 Å². The molecule has 0 unspecified atom stereocenters. The number of hydrogen-bond donors (Lipinski definition) is 2. The van der Waals surface area contributed by atoms with E-state index in [1.54, 1.807) is 18.2 Å². The average Bonchev–Trinajstić information content (AvgIpc) is 2.54. The molecule has 0 saturated heterocycles. The van der Waals surface area contributed by atoms with Gasteiger partial charge in [0, 0.05) is 5.69 Å². The van der Waals surface area contributed by atoms with Crippen LogP contribution in [0.4, 0.5) is 5.69 Å². The van der Waals surface area contributed by atoms with Gasteiger partial charge in [0.15, 0.2) is 0 Å². The Hall–Kier alpha value is -3.06. The van der Waals surface area contributed by atoms with Crippen molar-refractivity contribution in [2.75, 3.05) is 5.32 Å². The summed E-state index contributed by atoms with van der Waals surface area (Å²) in [5, 5.41) is 21.1. The Morgan fingerprint density at radius 3 is 2.17 bits per heavy atom. The summed E-state index contributed by atoms with van der Waals surface area (Å²) in [7, 11) is 0. The van der Waals surface area contributed by atoms with Crippen molar-refractivity contribution in [1.29, 1.82) is 5.26 Å². The number of rotatable bonds is 3. The Morgan fingerprint density at radius 2 is 1.67 bits per heavy atom. The molecule has 4 heteroatoms. The number of benzene rings is 2. The van der Waals surface area contributed by atoms with Crippen LogP contribution < -0.4 is 5.32 Å². The van der Waals surface area contributed by atoms with E-state index >= 15 is 0 Å². The van der Waals surface area contributed by atoms with Crippen LogP contribution in [-0.4, -0.2) is 11.0 Å². The summed E-state index contributed by atoms with van der Waals surface area (Å²) < 4.78 is 0. The van der Waals surface area contributed by atoms with Crippen LogP contribution in [0.2, 0.25) is 0 Å². The number of anilines is 1. The van der Waals surface area contributed by atoms with E-state index in [4.69, 9.17) is 0 Å². The van der Waals surface area contributed by atoms with Crippen LogP contribution in [0.5, 0.6) is 5.75 Å². The van der Waals surface area contributed by atoms with Crippen molar-refractivity contribution >= 4 is 17.7 Å². The number of nitriles is 1. The predicted molar refractivity (Wildman–Crippen MR) is 95.5 cm³/mol. The highest BCUT2D eigenvalue weighted by Gasteiger charge is 2.13. The van der Waals surface area contributed by atoms with Gasteiger partial charge in [-0.15, -0.1) is 0 Å². The first-order chi connectivity index (χ1) is 11.3. The monoisotopic (exact) mass is 320 g/mol. The highest BCUT2D eigenvalue weighted by Crippen LogP contribution is 2.23. The van der Waals surface area contributed by atoms with Gasteiger partial charge in [0.25, 0.3) is 5.91 Å². The highest BCUT2D eigenvalue weighted by atomic mass is 16.3. The first-order valence-corrected chi connectivity index (χ1v) is 7.62. The zero-order chi connectivity index (χ0) is 17.7. The molecule has 122 valence electrons. The molecule has 2 aromatic carbocycles. The zero-order valence-electron chi connectivity index (χ0n) is 14.0. The largest absolute Gasteiger partial charge is 0.508 e. The van der Waals surface area contributed by atoms with Crippen molar-refractivity contribution < 1.29 is 9.90 Å². The number of amides is 1. The topological polar surface area (TPSA) is 73.1 Å². The first kappa shape index (κ1) is 17.3. The molecule has 2 N–H and O–H groups in total. The zero-order valence-corrected chi connectivity index (χ0v) is 14.0. The van der Waals surface area contributed by atoms with Crippen LogP contribution in [-0.2, 0) is 10.2 Å². The number of phenolic OH excluding ortho intramolecular Hbond substituents is 1. The lowest BCUT2D eigenvalue weighted by Crippen LogP contribution is -2.13. The van der Waals surface area contributed by atoms with Gasteiger partial charge in [-0.1, -0.05) is 45.0 Å². The van der Waals surface area contributed by atoms with Crippen molar-refractivity contribution in [3.63, 3.8) is 0 Å². The molecule has 0 aliphatic rings. The summed E-state index contributed by atoms with van der Waals surface area (Å²) in [5.41, 5.74) is 2.57. The third kappa shape index (κ3) is 4.47. The summed E-state index contributed by atoms with van der Waals surface area (Å²) in [5.74, 6) is -0.369. The van der Waals surface area contributed by atoms with E-state index in [9.17, 15) is 15.2 Å². The van der Waals surface area contributed by atoms with E-state index in [1.807, 2.05) is 30.3 Å². The number of hydrogen-bond acceptors (Lipinski definition) is 3. The van der Waals surface area contributed by atoms with E-state index in [1.165, 1.54) is 17.7 Å². The van der Waals surface area contributed by atoms with Crippen LogP contribution in [0.1, 0.15) is 31.9 Å². The maximum Gasteiger partial charge on any atom is 0.266 e. The van der Waals surface area contributed by atoms with Crippen LogP contribution in [0, 0.1) is 11.3 Å². The van der Waals surface area contributed by atoms with E-state index < -0.39 is 5.91 Å². The SMILES string of the molecule is CC(C)(C)c1ccc(/C=C(/C#N)C(=O)Nc2ccc(O)cc2)cc1. The number of nitrogens with zero attached hydrogens (tertiary/aromatic N) is 1. The Labute approximate surface area is 142 Å². The second-order valence-electron chi connectivity index (χ2n) is 6.54. The minimum Gasteiger partial charge on any atom is -0.508 e. The lowest BCUT2D eigenvalue weighted by Gasteiger charge is -2.18. The van der Waals surface area contributed by atoms with Gasteiger partial charge in [-0.3, -0.25) is 4.79 Å². The summed E-state index contributed by atoms with van der Waals surface area (Å²) in [6, 6.07) is 15.8. The van der Waals surface area contributed by atoms with Crippen molar-refractivity contribution in [1.82, 2.24) is 0 Å². The van der Waals surface area contributed by atoms with Gasteiger partial charge in [0.1, 0.15) is 17.4 Å². The lowest BCUT2D eigenvalue weighted by atomic mass is 9.86. The average molecular weight is 320 g/mol. The number of phenols is 1. The predicted octanol–water partition coefficient (Wildman–Crippen LogP) is 4.24. The standard InChI is InChI=1S/C20H20N2O2/c1-20(2,3)16-6-4-14(5-7-16)12-15(13-21)19(24)22-17-8-10-18(23)11-9-17/h4-12,23H,1-3H3,(H,22,24)/b15-12-. The third-order valence-electron chi connectivity index (χ3n) is 3.58. The van der Waals surface area contributed by atoms with Gasteiger partial charge in [-0.2, -0.15) is 5.26 Å². The van der Waals surface area contributed by atoms with Crippen molar-refractivity contribution in [3.8, 4) is 11.8 Å². The quantitative estimate of drug-likeness (QED) is 0.505. The molecule has 0 atom stereocenters. The van der Waals surface area contributed by atoms with Crippen molar-refractivity contribution in [2.45, 2.75) is 26.2 Å². The fourth-order valence-corrected chi connectivity index (χ4v) is 2.14.